The van der Waals surface area contributed by atoms with Crippen molar-refractivity contribution in [2.24, 2.45) is 5.92 Å². The lowest BCUT2D eigenvalue weighted by molar-refractivity contribution is -0.128. The van der Waals surface area contributed by atoms with E-state index >= 15 is 0 Å². The van der Waals surface area contributed by atoms with Crippen LogP contribution in [-0.2, 0) is 4.79 Å². The van der Waals surface area contributed by atoms with Gasteiger partial charge in [0.2, 0.25) is 0 Å². The molecule has 1 aliphatic heterocycles. The smallest absolute Gasteiger partial charge is 0.253 e. The van der Waals surface area contributed by atoms with E-state index in [0.29, 0.717) is 5.57 Å². The quantitative estimate of drug-likeness (QED) is 0.387. The van der Waals surface area contributed by atoms with E-state index in [-0.39, 0.29) is 5.91 Å². The van der Waals surface area contributed by atoms with Gasteiger partial charge in [-0.3, -0.25) is 4.79 Å². The molecule has 2 rings (SSSR count). The van der Waals surface area contributed by atoms with Crippen LogP contribution in [0.25, 0.3) is 0 Å². The summed E-state index contributed by atoms with van der Waals surface area (Å²) in [6.45, 7) is 11.9. The first kappa shape index (κ1) is 19.6. The van der Waals surface area contributed by atoms with Crippen molar-refractivity contribution in [2.45, 2.75) is 38.5 Å². The lowest BCUT2D eigenvalue weighted by Gasteiger charge is -2.30. The van der Waals surface area contributed by atoms with E-state index in [4.69, 9.17) is 0 Å². The summed E-state index contributed by atoms with van der Waals surface area (Å²) >= 11 is 1.79. The molecule has 0 bridgehead atoms. The molecular formula is C22H29NOS. The molecule has 1 heterocycles. The number of carbonyl (C=O) groups is 1. The van der Waals surface area contributed by atoms with Gasteiger partial charge in [-0.25, -0.2) is 0 Å². The van der Waals surface area contributed by atoms with E-state index in [9.17, 15) is 4.79 Å². The molecular weight excluding hydrogens is 326 g/mol. The predicted molar refractivity (Wildman–Crippen MR) is 109 cm³/mol. The molecule has 0 unspecified atom stereocenters. The van der Waals surface area contributed by atoms with Crippen LogP contribution in [0.5, 0.6) is 0 Å². The first-order valence-corrected chi connectivity index (χ1v) is 10.00. The summed E-state index contributed by atoms with van der Waals surface area (Å²) in [5.74, 6) is 1.68. The highest BCUT2D eigenvalue weighted by molar-refractivity contribution is 7.99. The molecule has 0 radical (unpaired) electrons. The van der Waals surface area contributed by atoms with E-state index < -0.39 is 0 Å². The summed E-state index contributed by atoms with van der Waals surface area (Å²) in [5.41, 5.74) is 3.12. The second-order valence-corrected chi connectivity index (χ2v) is 7.79. The number of nitrogens with zero attached hydrogens (tertiary/aromatic N) is 1. The number of hydrogen-bond donors (Lipinski definition) is 0. The van der Waals surface area contributed by atoms with Gasteiger partial charge in [0.15, 0.2) is 0 Å². The van der Waals surface area contributed by atoms with Crippen molar-refractivity contribution >= 4 is 17.7 Å². The number of piperidine rings is 1. The third-order valence-electron chi connectivity index (χ3n) is 4.68. The minimum atomic E-state index is 0.113. The molecule has 0 N–H and O–H groups in total. The highest BCUT2D eigenvalue weighted by Gasteiger charge is 2.21. The predicted octanol–water partition coefficient (Wildman–Crippen LogP) is 5.40. The van der Waals surface area contributed by atoms with Crippen LogP contribution in [0.1, 0.15) is 32.3 Å². The van der Waals surface area contributed by atoms with Crippen molar-refractivity contribution in [3.05, 3.63) is 65.8 Å². The van der Waals surface area contributed by atoms with E-state index in [2.05, 4.69) is 50.8 Å². The molecule has 25 heavy (non-hydrogen) atoms. The molecule has 1 aromatic carbocycles. The van der Waals surface area contributed by atoms with E-state index in [1.165, 1.54) is 10.5 Å². The van der Waals surface area contributed by atoms with Crippen LogP contribution in [0.3, 0.4) is 0 Å². The summed E-state index contributed by atoms with van der Waals surface area (Å²) in [6.07, 6.45) is 7.96. The van der Waals surface area contributed by atoms with Gasteiger partial charge in [-0.2, -0.15) is 0 Å². The number of rotatable bonds is 6. The van der Waals surface area contributed by atoms with Crippen molar-refractivity contribution in [3.63, 3.8) is 0 Å². The van der Waals surface area contributed by atoms with Gasteiger partial charge in [0.25, 0.3) is 5.91 Å². The number of thioether (sulfide) groups is 1. The summed E-state index contributed by atoms with van der Waals surface area (Å²) < 4.78 is 0. The van der Waals surface area contributed by atoms with Gasteiger partial charge in [-0.1, -0.05) is 43.4 Å². The molecule has 0 aliphatic carbocycles. The second kappa shape index (κ2) is 9.67. The minimum absolute atomic E-state index is 0.113. The number of allylic oxidation sites excluding steroid dienone is 2. The van der Waals surface area contributed by atoms with Gasteiger partial charge in [0.1, 0.15) is 0 Å². The molecule has 0 saturated carbocycles. The lowest BCUT2D eigenvalue weighted by Crippen LogP contribution is -2.38. The van der Waals surface area contributed by atoms with Gasteiger partial charge in [-0.15, -0.1) is 11.8 Å². The summed E-state index contributed by atoms with van der Waals surface area (Å²) in [4.78, 5) is 16.0. The number of carbonyl (C=O) groups excluding carboxylic acids is 1. The molecule has 1 aromatic rings. The van der Waals surface area contributed by atoms with Gasteiger partial charge in [0.05, 0.1) is 0 Å². The van der Waals surface area contributed by atoms with Crippen LogP contribution in [0.4, 0.5) is 0 Å². The van der Waals surface area contributed by atoms with Crippen molar-refractivity contribution in [2.75, 3.05) is 18.8 Å². The largest absolute Gasteiger partial charge is 0.339 e. The van der Waals surface area contributed by atoms with Crippen molar-refractivity contribution < 1.29 is 4.79 Å². The molecule has 1 aliphatic rings. The van der Waals surface area contributed by atoms with Crippen molar-refractivity contribution in [3.8, 4) is 0 Å². The SMILES string of the molecule is C=C/C(=C\C(=C/C)CSc1ccc(C)cc1)C(=O)N1CCC(C)CC1. The minimum Gasteiger partial charge on any atom is -0.339 e. The average Bonchev–Trinajstić information content (AvgIpc) is 2.63. The Bertz CT molecular complexity index is 649. The Hall–Kier alpha value is -1.74. The topological polar surface area (TPSA) is 20.3 Å². The zero-order chi connectivity index (χ0) is 18.2. The standard InChI is InChI=1S/C22H29NOS/c1-5-19(16-25-21-9-7-17(3)8-10-21)15-20(6-2)22(24)23-13-11-18(4)12-14-23/h5-10,15,18H,2,11-14,16H2,1,3-4H3/b19-5+,20-15+. The number of amides is 1. The third kappa shape index (κ3) is 5.93. The van der Waals surface area contributed by atoms with Crippen LogP contribution >= 0.6 is 11.8 Å². The zero-order valence-corrected chi connectivity index (χ0v) is 16.4. The Morgan fingerprint density at radius 2 is 1.92 bits per heavy atom. The summed E-state index contributed by atoms with van der Waals surface area (Å²) in [7, 11) is 0. The van der Waals surface area contributed by atoms with Gasteiger partial charge >= 0.3 is 0 Å². The molecule has 0 atom stereocenters. The number of benzene rings is 1. The van der Waals surface area contributed by atoms with Crippen molar-refractivity contribution in [1.82, 2.24) is 4.90 Å². The van der Waals surface area contributed by atoms with Crippen molar-refractivity contribution in [1.29, 1.82) is 0 Å². The van der Waals surface area contributed by atoms with Gasteiger partial charge in [0, 0.05) is 29.3 Å². The fourth-order valence-corrected chi connectivity index (χ4v) is 3.72. The van der Waals surface area contributed by atoms with E-state index in [1.54, 1.807) is 17.8 Å². The molecule has 1 amide bonds. The zero-order valence-electron chi connectivity index (χ0n) is 15.6. The van der Waals surface area contributed by atoms with Crippen LogP contribution in [0.2, 0.25) is 0 Å². The average molecular weight is 356 g/mol. The Morgan fingerprint density at radius 3 is 2.48 bits per heavy atom. The van der Waals surface area contributed by atoms with Crippen LogP contribution in [0, 0.1) is 12.8 Å². The lowest BCUT2D eigenvalue weighted by atomic mass is 9.98. The van der Waals surface area contributed by atoms with Gasteiger partial charge in [-0.05, 0) is 56.4 Å². The summed E-state index contributed by atoms with van der Waals surface area (Å²) in [6, 6.07) is 8.55. The molecule has 1 saturated heterocycles. The molecule has 1 fully saturated rings. The number of hydrogen-bond acceptors (Lipinski definition) is 2. The Balaban J connectivity index is 2.01. The molecule has 0 aromatic heterocycles. The molecule has 2 nitrogen and oxygen atoms in total. The Morgan fingerprint density at radius 1 is 1.28 bits per heavy atom. The van der Waals surface area contributed by atoms with E-state index in [0.717, 1.165) is 43.2 Å². The van der Waals surface area contributed by atoms with Crippen LogP contribution in [-0.4, -0.2) is 29.6 Å². The highest BCUT2D eigenvalue weighted by Crippen LogP contribution is 2.23. The Labute approximate surface area is 156 Å². The normalized spacial score (nSPS) is 16.8. The van der Waals surface area contributed by atoms with Crippen LogP contribution in [0.15, 0.2) is 65.1 Å². The first-order valence-electron chi connectivity index (χ1n) is 9.01. The Kier molecular flexibility index (Phi) is 7.57. The monoisotopic (exact) mass is 355 g/mol. The fraction of sp³-hybridized carbons (Fsp3) is 0.409. The van der Waals surface area contributed by atoms with Gasteiger partial charge < -0.3 is 4.90 Å². The number of likely N-dealkylation sites (tertiary alicyclic amines) is 1. The van der Waals surface area contributed by atoms with E-state index in [1.807, 2.05) is 17.9 Å². The highest BCUT2D eigenvalue weighted by atomic mass is 32.2. The third-order valence-corrected chi connectivity index (χ3v) is 5.76. The maximum absolute atomic E-state index is 12.8. The first-order chi connectivity index (χ1) is 12.0. The maximum Gasteiger partial charge on any atom is 0.253 e. The fourth-order valence-electron chi connectivity index (χ4n) is 2.81. The maximum atomic E-state index is 12.8. The molecule has 0 spiro atoms. The molecule has 3 heteroatoms. The number of aryl methyl sites for hydroxylation is 1. The van der Waals surface area contributed by atoms with Crippen LogP contribution < -0.4 is 0 Å². The summed E-state index contributed by atoms with van der Waals surface area (Å²) in [5, 5.41) is 0. The molecule has 134 valence electrons. The second-order valence-electron chi connectivity index (χ2n) is 6.74.